The zero-order valence-corrected chi connectivity index (χ0v) is 16.1. The van der Waals surface area contributed by atoms with E-state index in [1.807, 2.05) is 16.7 Å². The van der Waals surface area contributed by atoms with Crippen molar-refractivity contribution in [1.29, 1.82) is 0 Å². The number of amides is 1. The molecule has 144 valence electrons. The first-order valence-corrected chi connectivity index (χ1v) is 10.3. The number of aliphatic carboxylic acids is 1. The molecule has 1 unspecified atom stereocenters. The molecule has 1 heterocycles. The average Bonchev–Trinajstić information content (AvgIpc) is 2.64. The molecule has 2 rings (SSSR count). The molecule has 0 spiro atoms. The molecule has 5 heteroatoms. The summed E-state index contributed by atoms with van der Waals surface area (Å²) in [4.78, 5) is 28.0. The maximum Gasteiger partial charge on any atom is 0.317 e. The van der Waals surface area contributed by atoms with Crippen LogP contribution in [0, 0.1) is 11.8 Å². The molecule has 0 aromatic rings. The van der Waals surface area contributed by atoms with E-state index in [-0.39, 0.29) is 12.5 Å². The number of likely N-dealkylation sites (N-methyl/N-ethyl adjacent to an activating group) is 1. The molecular formula is C20H36N2O3. The highest BCUT2D eigenvalue weighted by Crippen LogP contribution is 2.31. The molecule has 0 radical (unpaired) electrons. The van der Waals surface area contributed by atoms with E-state index in [0.717, 1.165) is 51.2 Å². The largest absolute Gasteiger partial charge is 0.480 e. The number of carbonyl (C=O) groups is 2. The summed E-state index contributed by atoms with van der Waals surface area (Å²) < 4.78 is 0. The van der Waals surface area contributed by atoms with Gasteiger partial charge in [0.05, 0.1) is 6.54 Å². The van der Waals surface area contributed by atoms with Crippen LogP contribution < -0.4 is 0 Å². The summed E-state index contributed by atoms with van der Waals surface area (Å²) in [7, 11) is 0. The van der Waals surface area contributed by atoms with Crippen LogP contribution in [0.3, 0.4) is 0 Å². The Kier molecular flexibility index (Phi) is 8.20. The Morgan fingerprint density at radius 2 is 1.72 bits per heavy atom. The Balaban J connectivity index is 1.83. The highest BCUT2D eigenvalue weighted by atomic mass is 16.4. The molecule has 1 aliphatic carbocycles. The van der Waals surface area contributed by atoms with Crippen molar-refractivity contribution in [3.63, 3.8) is 0 Å². The molecular weight excluding hydrogens is 316 g/mol. The fraction of sp³-hybridized carbons (Fsp3) is 0.900. The zero-order chi connectivity index (χ0) is 18.2. The molecule has 2 aliphatic rings. The van der Waals surface area contributed by atoms with Crippen molar-refractivity contribution >= 4 is 11.9 Å². The number of piperidine rings is 1. The normalized spacial score (nSPS) is 21.5. The van der Waals surface area contributed by atoms with Gasteiger partial charge < -0.3 is 10.0 Å². The van der Waals surface area contributed by atoms with Gasteiger partial charge in [-0.2, -0.15) is 0 Å². The van der Waals surface area contributed by atoms with Crippen LogP contribution in [0.2, 0.25) is 0 Å². The van der Waals surface area contributed by atoms with E-state index in [4.69, 9.17) is 5.11 Å². The number of hydrogen-bond donors (Lipinski definition) is 1. The molecule has 1 atom stereocenters. The minimum atomic E-state index is -0.765. The number of hydrogen-bond acceptors (Lipinski definition) is 3. The summed E-state index contributed by atoms with van der Waals surface area (Å²) in [6.45, 7) is 6.57. The number of nitrogens with zero attached hydrogens (tertiary/aromatic N) is 2. The van der Waals surface area contributed by atoms with Crippen LogP contribution in [0.25, 0.3) is 0 Å². The fourth-order valence-corrected chi connectivity index (χ4v) is 4.65. The fourth-order valence-electron chi connectivity index (χ4n) is 4.65. The van der Waals surface area contributed by atoms with Crippen molar-refractivity contribution < 1.29 is 14.7 Å². The van der Waals surface area contributed by atoms with Gasteiger partial charge in [-0.15, -0.1) is 0 Å². The SMILES string of the molecule is CCC(CC1CCCCC1)C(=O)N1CCC(N(CC)CC(=O)O)CC1. The molecule has 1 aliphatic heterocycles. The van der Waals surface area contributed by atoms with Crippen molar-refractivity contribution in [1.82, 2.24) is 9.80 Å². The number of carboxylic acid groups (broad SMARTS) is 1. The van der Waals surface area contributed by atoms with Gasteiger partial charge in [0.25, 0.3) is 0 Å². The van der Waals surface area contributed by atoms with Crippen LogP contribution in [-0.4, -0.2) is 59.0 Å². The molecule has 2 fully saturated rings. The Morgan fingerprint density at radius 3 is 2.24 bits per heavy atom. The predicted molar refractivity (Wildman–Crippen MR) is 99.5 cm³/mol. The topological polar surface area (TPSA) is 60.9 Å². The summed E-state index contributed by atoms with van der Waals surface area (Å²) in [6.07, 6.45) is 10.4. The van der Waals surface area contributed by atoms with E-state index in [9.17, 15) is 9.59 Å². The van der Waals surface area contributed by atoms with Gasteiger partial charge in [-0.05, 0) is 38.1 Å². The smallest absolute Gasteiger partial charge is 0.317 e. The van der Waals surface area contributed by atoms with E-state index in [0.29, 0.717) is 11.9 Å². The number of carbonyl (C=O) groups excluding carboxylic acids is 1. The Bertz CT molecular complexity index is 427. The van der Waals surface area contributed by atoms with Crippen molar-refractivity contribution in [2.75, 3.05) is 26.2 Å². The van der Waals surface area contributed by atoms with Crippen molar-refractivity contribution in [2.24, 2.45) is 11.8 Å². The maximum atomic E-state index is 12.9. The maximum absolute atomic E-state index is 12.9. The third kappa shape index (κ3) is 5.98. The molecule has 0 aromatic carbocycles. The standard InChI is InChI=1S/C20H36N2O3/c1-3-17(14-16-8-6-5-7-9-16)20(25)22-12-10-18(11-13-22)21(4-2)15-19(23)24/h16-18H,3-15H2,1-2H3,(H,23,24). The van der Waals surface area contributed by atoms with Gasteiger partial charge in [-0.3, -0.25) is 14.5 Å². The molecule has 1 N–H and O–H groups in total. The van der Waals surface area contributed by atoms with Crippen LogP contribution in [0.1, 0.15) is 71.6 Å². The first-order valence-electron chi connectivity index (χ1n) is 10.3. The van der Waals surface area contributed by atoms with Gasteiger partial charge >= 0.3 is 5.97 Å². The van der Waals surface area contributed by atoms with Crippen LogP contribution >= 0.6 is 0 Å². The highest BCUT2D eigenvalue weighted by molar-refractivity contribution is 5.79. The minimum Gasteiger partial charge on any atom is -0.480 e. The van der Waals surface area contributed by atoms with Crippen LogP contribution in [0.5, 0.6) is 0 Å². The second-order valence-electron chi connectivity index (χ2n) is 7.86. The number of likely N-dealkylation sites (tertiary alicyclic amines) is 1. The van der Waals surface area contributed by atoms with Gasteiger partial charge in [0, 0.05) is 25.0 Å². The molecule has 25 heavy (non-hydrogen) atoms. The van der Waals surface area contributed by atoms with Gasteiger partial charge in [0.2, 0.25) is 5.91 Å². The van der Waals surface area contributed by atoms with Crippen molar-refractivity contribution in [3.05, 3.63) is 0 Å². The van der Waals surface area contributed by atoms with Gasteiger partial charge in [0.15, 0.2) is 0 Å². The van der Waals surface area contributed by atoms with Crippen LogP contribution in [0.4, 0.5) is 0 Å². The summed E-state index contributed by atoms with van der Waals surface area (Å²) in [5, 5.41) is 9.04. The van der Waals surface area contributed by atoms with E-state index in [1.54, 1.807) is 0 Å². The summed E-state index contributed by atoms with van der Waals surface area (Å²) in [6, 6.07) is 0.295. The first kappa shape index (κ1) is 20.2. The van der Waals surface area contributed by atoms with E-state index in [1.165, 1.54) is 32.1 Å². The predicted octanol–water partition coefficient (Wildman–Crippen LogP) is 3.38. The second-order valence-corrected chi connectivity index (χ2v) is 7.86. The quantitative estimate of drug-likeness (QED) is 0.727. The number of rotatable bonds is 8. The van der Waals surface area contributed by atoms with Crippen LogP contribution in [0.15, 0.2) is 0 Å². The van der Waals surface area contributed by atoms with Crippen molar-refractivity contribution in [3.8, 4) is 0 Å². The minimum absolute atomic E-state index is 0.106. The Hall–Kier alpha value is -1.10. The lowest BCUT2D eigenvalue weighted by Gasteiger charge is -2.39. The molecule has 1 saturated heterocycles. The lowest BCUT2D eigenvalue weighted by atomic mass is 9.81. The Labute approximate surface area is 152 Å². The summed E-state index contributed by atoms with van der Waals surface area (Å²) in [5.41, 5.74) is 0. The third-order valence-corrected chi connectivity index (χ3v) is 6.22. The van der Waals surface area contributed by atoms with Crippen LogP contribution in [-0.2, 0) is 9.59 Å². The molecule has 1 saturated carbocycles. The molecule has 0 aromatic heterocycles. The second kappa shape index (κ2) is 10.1. The zero-order valence-electron chi connectivity index (χ0n) is 16.1. The van der Waals surface area contributed by atoms with E-state index in [2.05, 4.69) is 6.92 Å². The van der Waals surface area contributed by atoms with E-state index >= 15 is 0 Å². The molecule has 0 bridgehead atoms. The first-order chi connectivity index (χ1) is 12.0. The van der Waals surface area contributed by atoms with Gasteiger partial charge in [0.1, 0.15) is 0 Å². The highest BCUT2D eigenvalue weighted by Gasteiger charge is 2.31. The molecule has 5 nitrogen and oxygen atoms in total. The lowest BCUT2D eigenvalue weighted by molar-refractivity contribution is -0.141. The van der Waals surface area contributed by atoms with Crippen molar-refractivity contribution in [2.45, 2.75) is 77.7 Å². The van der Waals surface area contributed by atoms with E-state index < -0.39 is 5.97 Å². The average molecular weight is 353 g/mol. The summed E-state index contributed by atoms with van der Waals surface area (Å²) in [5.74, 6) is 0.499. The Morgan fingerprint density at radius 1 is 1.08 bits per heavy atom. The summed E-state index contributed by atoms with van der Waals surface area (Å²) >= 11 is 0. The monoisotopic (exact) mass is 352 g/mol. The van der Waals surface area contributed by atoms with Gasteiger partial charge in [-0.25, -0.2) is 0 Å². The molecule has 1 amide bonds. The lowest BCUT2D eigenvalue weighted by Crippen LogP contribution is -2.49. The van der Waals surface area contributed by atoms with Gasteiger partial charge in [-0.1, -0.05) is 46.0 Å². The third-order valence-electron chi connectivity index (χ3n) is 6.22. The number of carboxylic acids is 1.